The monoisotopic (exact) mass is 214 g/mol. The van der Waals surface area contributed by atoms with Crippen LogP contribution in [0.1, 0.15) is 16.7 Å². The Morgan fingerprint density at radius 1 is 1.40 bits per heavy atom. The largest absolute Gasteiger partial charge is 0.369 e. The lowest BCUT2D eigenvalue weighted by molar-refractivity contribution is 0.440. The Bertz CT molecular complexity index is 484. The van der Waals surface area contributed by atoms with Crippen LogP contribution in [0.4, 0.5) is 0 Å². The van der Waals surface area contributed by atoms with E-state index in [1.807, 2.05) is 31.2 Å². The highest BCUT2D eigenvalue weighted by molar-refractivity contribution is 7.13. The van der Waals surface area contributed by atoms with Gasteiger partial charge in [-0.25, -0.2) is 0 Å². The molecule has 0 aromatic carbocycles. The van der Waals surface area contributed by atoms with Crippen molar-refractivity contribution in [3.05, 3.63) is 34.0 Å². The topological polar surface area (TPSA) is 12.5 Å². The summed E-state index contributed by atoms with van der Waals surface area (Å²) < 4.78 is 5.03. The van der Waals surface area contributed by atoms with Crippen molar-refractivity contribution in [1.82, 2.24) is 0 Å². The molecular weight excluding hydrogens is 204 g/mol. The number of thiophene rings is 1. The van der Waals surface area contributed by atoms with Crippen LogP contribution >= 0.6 is 11.3 Å². The van der Waals surface area contributed by atoms with Crippen LogP contribution in [-0.2, 0) is 4.74 Å². The molecule has 0 bridgehead atoms. The third kappa shape index (κ3) is 3.29. The Labute approximate surface area is 93.8 Å². The lowest BCUT2D eigenvalue weighted by atomic mass is 10.4. The maximum absolute atomic E-state index is 5.03. The van der Waals surface area contributed by atoms with Crippen LogP contribution in [0, 0.1) is 23.7 Å². The zero-order valence-electron chi connectivity index (χ0n) is 8.41. The summed E-state index contributed by atoms with van der Waals surface area (Å²) in [4.78, 5) is 2.12. The lowest BCUT2D eigenvalue weighted by Crippen LogP contribution is -1.70. The van der Waals surface area contributed by atoms with Crippen molar-refractivity contribution >= 4 is 11.3 Å². The fourth-order valence-corrected chi connectivity index (χ4v) is 1.80. The smallest absolute Gasteiger partial charge is 0.1000 e. The van der Waals surface area contributed by atoms with Gasteiger partial charge in [0, 0.05) is 0 Å². The quantitative estimate of drug-likeness (QED) is 0.516. The molecule has 15 heavy (non-hydrogen) atoms. The van der Waals surface area contributed by atoms with E-state index in [2.05, 4.69) is 23.7 Å². The molecule has 2 heterocycles. The Morgan fingerprint density at radius 2 is 2.13 bits per heavy atom. The van der Waals surface area contributed by atoms with E-state index >= 15 is 0 Å². The van der Waals surface area contributed by atoms with Gasteiger partial charge in [0.2, 0.25) is 0 Å². The van der Waals surface area contributed by atoms with E-state index in [4.69, 9.17) is 4.74 Å². The molecule has 1 unspecified atom stereocenters. The van der Waals surface area contributed by atoms with E-state index < -0.39 is 0 Å². The normalized spacial score (nSPS) is 17.8. The predicted octanol–water partition coefficient (Wildman–Crippen LogP) is 2.43. The third-order valence-corrected chi connectivity index (χ3v) is 2.72. The molecule has 1 aliphatic heterocycles. The molecule has 0 N–H and O–H groups in total. The summed E-state index contributed by atoms with van der Waals surface area (Å²) in [6.07, 6.45) is 4.14. The van der Waals surface area contributed by atoms with E-state index in [0.717, 1.165) is 16.4 Å². The zero-order chi connectivity index (χ0) is 10.5. The average molecular weight is 214 g/mol. The van der Waals surface area contributed by atoms with Crippen molar-refractivity contribution in [2.75, 3.05) is 6.61 Å². The minimum absolute atomic E-state index is 0.309. The summed E-state index contributed by atoms with van der Waals surface area (Å²) in [6.45, 7) is 2.68. The van der Waals surface area contributed by atoms with Crippen molar-refractivity contribution in [3.8, 4) is 23.7 Å². The lowest BCUT2D eigenvalue weighted by Gasteiger charge is -1.75. The van der Waals surface area contributed by atoms with Gasteiger partial charge in [-0.3, -0.25) is 0 Å². The molecule has 2 heteroatoms. The Balaban J connectivity index is 1.98. The van der Waals surface area contributed by atoms with Gasteiger partial charge in [0.15, 0.2) is 0 Å². The summed E-state index contributed by atoms with van der Waals surface area (Å²) >= 11 is 1.62. The second kappa shape index (κ2) is 4.84. The number of epoxide rings is 1. The summed E-state index contributed by atoms with van der Waals surface area (Å²) in [5.41, 5.74) is 0. The van der Waals surface area contributed by atoms with Gasteiger partial charge in [0.05, 0.1) is 22.5 Å². The molecule has 0 aliphatic carbocycles. The number of hydrogen-bond donors (Lipinski definition) is 0. The summed E-state index contributed by atoms with van der Waals surface area (Å²) in [5, 5.41) is 0. The van der Waals surface area contributed by atoms with Crippen LogP contribution in [0.5, 0.6) is 0 Å². The summed E-state index contributed by atoms with van der Waals surface area (Å²) in [6, 6.07) is 4.00. The van der Waals surface area contributed by atoms with Gasteiger partial charge in [-0.15, -0.1) is 17.3 Å². The first kappa shape index (κ1) is 10.1. The van der Waals surface area contributed by atoms with Gasteiger partial charge >= 0.3 is 0 Å². The molecule has 0 spiro atoms. The predicted molar refractivity (Wildman–Crippen MR) is 62.6 cm³/mol. The number of ether oxygens (including phenoxy) is 1. The zero-order valence-corrected chi connectivity index (χ0v) is 9.23. The van der Waals surface area contributed by atoms with Crippen LogP contribution in [0.3, 0.4) is 0 Å². The molecule has 1 nitrogen and oxygen atoms in total. The first-order valence-corrected chi connectivity index (χ1v) is 5.52. The molecule has 2 rings (SSSR count). The van der Waals surface area contributed by atoms with Gasteiger partial charge in [-0.05, 0) is 31.2 Å². The fraction of sp³-hybridized carbons (Fsp3) is 0.231. The number of allylic oxidation sites excluding steroid dienone is 1. The molecular formula is C13H10OS. The van der Waals surface area contributed by atoms with E-state index in [0.29, 0.717) is 6.10 Å². The first-order valence-electron chi connectivity index (χ1n) is 4.71. The standard InChI is InChI=1S/C13H10OS/c1-2-5-12-8-9-13(15-12)7-4-3-6-11-10-14-11/h3,6,8-9,11H,10H2,1H3. The third-order valence-electron chi connectivity index (χ3n) is 1.80. The van der Waals surface area contributed by atoms with Gasteiger partial charge in [0.1, 0.15) is 0 Å². The van der Waals surface area contributed by atoms with Crippen LogP contribution in [0.25, 0.3) is 0 Å². The minimum atomic E-state index is 0.309. The average Bonchev–Trinajstić information content (AvgIpc) is 2.95. The van der Waals surface area contributed by atoms with Gasteiger partial charge < -0.3 is 4.74 Å². The molecule has 1 aromatic heterocycles. The highest BCUT2D eigenvalue weighted by Gasteiger charge is 2.17. The number of hydrogen-bond acceptors (Lipinski definition) is 2. The van der Waals surface area contributed by atoms with Crippen molar-refractivity contribution in [3.63, 3.8) is 0 Å². The first-order chi connectivity index (χ1) is 7.38. The molecule has 1 aliphatic rings. The number of rotatable bonds is 1. The second-order valence-electron chi connectivity index (χ2n) is 3.04. The highest BCUT2D eigenvalue weighted by Crippen LogP contribution is 2.14. The van der Waals surface area contributed by atoms with E-state index in [1.165, 1.54) is 0 Å². The van der Waals surface area contributed by atoms with E-state index in [9.17, 15) is 0 Å². The SMILES string of the molecule is CC#Cc1ccc(C#CC=CC2CO2)s1. The van der Waals surface area contributed by atoms with Crippen molar-refractivity contribution in [2.24, 2.45) is 0 Å². The molecule has 1 fully saturated rings. The van der Waals surface area contributed by atoms with Crippen molar-refractivity contribution in [1.29, 1.82) is 0 Å². The van der Waals surface area contributed by atoms with Gasteiger partial charge in [-0.2, -0.15) is 0 Å². The minimum Gasteiger partial charge on any atom is -0.369 e. The molecule has 1 atom stereocenters. The van der Waals surface area contributed by atoms with Crippen LogP contribution in [-0.4, -0.2) is 12.7 Å². The molecule has 1 saturated heterocycles. The summed E-state index contributed by atoms with van der Waals surface area (Å²) in [5.74, 6) is 11.9. The summed E-state index contributed by atoms with van der Waals surface area (Å²) in [7, 11) is 0. The van der Waals surface area contributed by atoms with Crippen molar-refractivity contribution in [2.45, 2.75) is 13.0 Å². The van der Waals surface area contributed by atoms with E-state index in [-0.39, 0.29) is 0 Å². The van der Waals surface area contributed by atoms with Gasteiger partial charge in [-0.1, -0.05) is 17.8 Å². The van der Waals surface area contributed by atoms with Crippen LogP contribution in [0.15, 0.2) is 24.3 Å². The Hall–Kier alpha value is -1.48. The highest BCUT2D eigenvalue weighted by atomic mass is 32.1. The maximum Gasteiger partial charge on any atom is 0.1000 e. The van der Waals surface area contributed by atoms with Crippen molar-refractivity contribution < 1.29 is 4.74 Å². The maximum atomic E-state index is 5.03. The molecule has 0 saturated carbocycles. The molecule has 0 radical (unpaired) electrons. The van der Waals surface area contributed by atoms with Crippen LogP contribution < -0.4 is 0 Å². The fourth-order valence-electron chi connectivity index (χ4n) is 1.03. The molecule has 0 amide bonds. The van der Waals surface area contributed by atoms with Gasteiger partial charge in [0.25, 0.3) is 0 Å². The second-order valence-corrected chi connectivity index (χ2v) is 4.12. The Kier molecular flexibility index (Phi) is 3.25. The van der Waals surface area contributed by atoms with E-state index in [1.54, 1.807) is 11.3 Å². The van der Waals surface area contributed by atoms with Crippen LogP contribution in [0.2, 0.25) is 0 Å². The molecule has 74 valence electrons. The molecule has 1 aromatic rings. The Morgan fingerprint density at radius 3 is 2.80 bits per heavy atom.